The van der Waals surface area contributed by atoms with Crippen molar-refractivity contribution < 1.29 is 4.79 Å². The third kappa shape index (κ3) is 2.90. The standard InChI is InChI=1S/C10H15N3O2/c1-7(2)12-10(15)8(3)13-9(14)5-4-6-11-13/h4-8H,1-3H3,(H,12,15). The van der Waals surface area contributed by atoms with Crippen molar-refractivity contribution >= 4 is 5.91 Å². The Labute approximate surface area is 88.1 Å². The van der Waals surface area contributed by atoms with Gasteiger partial charge >= 0.3 is 0 Å². The van der Waals surface area contributed by atoms with Gasteiger partial charge < -0.3 is 5.32 Å². The Hall–Kier alpha value is -1.65. The summed E-state index contributed by atoms with van der Waals surface area (Å²) >= 11 is 0. The molecule has 5 nitrogen and oxygen atoms in total. The van der Waals surface area contributed by atoms with E-state index in [1.807, 2.05) is 13.8 Å². The summed E-state index contributed by atoms with van der Waals surface area (Å²) in [6.45, 7) is 5.38. The third-order valence-electron chi connectivity index (χ3n) is 1.92. The lowest BCUT2D eigenvalue weighted by atomic mass is 10.3. The van der Waals surface area contributed by atoms with Crippen molar-refractivity contribution in [2.24, 2.45) is 0 Å². The van der Waals surface area contributed by atoms with Crippen LogP contribution in [-0.4, -0.2) is 21.7 Å². The molecule has 1 N–H and O–H groups in total. The van der Waals surface area contributed by atoms with Gasteiger partial charge in [0.05, 0.1) is 0 Å². The van der Waals surface area contributed by atoms with Gasteiger partial charge in [0.1, 0.15) is 6.04 Å². The molecular weight excluding hydrogens is 194 g/mol. The van der Waals surface area contributed by atoms with Crippen molar-refractivity contribution in [2.45, 2.75) is 32.9 Å². The van der Waals surface area contributed by atoms with E-state index in [0.717, 1.165) is 4.68 Å². The number of amides is 1. The molecule has 15 heavy (non-hydrogen) atoms. The van der Waals surface area contributed by atoms with Gasteiger partial charge in [-0.25, -0.2) is 4.68 Å². The van der Waals surface area contributed by atoms with E-state index in [-0.39, 0.29) is 17.5 Å². The molecule has 1 unspecified atom stereocenters. The highest BCUT2D eigenvalue weighted by atomic mass is 16.2. The Morgan fingerprint density at radius 1 is 1.47 bits per heavy atom. The van der Waals surface area contributed by atoms with E-state index in [9.17, 15) is 9.59 Å². The molecule has 82 valence electrons. The summed E-state index contributed by atoms with van der Waals surface area (Å²) < 4.78 is 1.16. The summed E-state index contributed by atoms with van der Waals surface area (Å²) in [7, 11) is 0. The zero-order valence-corrected chi connectivity index (χ0v) is 9.10. The van der Waals surface area contributed by atoms with E-state index in [4.69, 9.17) is 0 Å². The number of aromatic nitrogens is 2. The van der Waals surface area contributed by atoms with Crippen LogP contribution in [0.15, 0.2) is 23.1 Å². The van der Waals surface area contributed by atoms with Crippen LogP contribution >= 0.6 is 0 Å². The molecular formula is C10H15N3O2. The maximum atomic E-state index is 11.6. The second-order valence-corrected chi connectivity index (χ2v) is 3.65. The normalized spacial score (nSPS) is 12.5. The highest BCUT2D eigenvalue weighted by Crippen LogP contribution is 1.99. The van der Waals surface area contributed by atoms with Crippen LogP contribution in [0.3, 0.4) is 0 Å². The van der Waals surface area contributed by atoms with E-state index in [0.29, 0.717) is 0 Å². The van der Waals surface area contributed by atoms with Crippen molar-refractivity contribution in [3.63, 3.8) is 0 Å². The molecule has 5 heteroatoms. The summed E-state index contributed by atoms with van der Waals surface area (Å²) in [4.78, 5) is 23.0. The topological polar surface area (TPSA) is 64.0 Å². The van der Waals surface area contributed by atoms with E-state index >= 15 is 0 Å². The second kappa shape index (κ2) is 4.72. The van der Waals surface area contributed by atoms with Crippen molar-refractivity contribution in [1.82, 2.24) is 15.1 Å². The lowest BCUT2D eigenvalue weighted by Gasteiger charge is -2.15. The second-order valence-electron chi connectivity index (χ2n) is 3.65. The SMILES string of the molecule is CC(C)NC(=O)C(C)n1ncccc1=O. The molecule has 0 bridgehead atoms. The minimum absolute atomic E-state index is 0.0550. The number of nitrogens with zero attached hydrogens (tertiary/aromatic N) is 2. The highest BCUT2D eigenvalue weighted by Gasteiger charge is 2.16. The Kier molecular flexibility index (Phi) is 3.60. The van der Waals surface area contributed by atoms with Gasteiger partial charge in [0.2, 0.25) is 5.91 Å². The largest absolute Gasteiger partial charge is 0.352 e. The van der Waals surface area contributed by atoms with Crippen LogP contribution in [0, 0.1) is 0 Å². The summed E-state index contributed by atoms with van der Waals surface area (Å²) in [5.41, 5.74) is -0.274. The molecule has 0 aliphatic carbocycles. The maximum absolute atomic E-state index is 11.6. The Morgan fingerprint density at radius 3 is 2.67 bits per heavy atom. The van der Waals surface area contributed by atoms with Gasteiger partial charge in [0.15, 0.2) is 0 Å². The number of carbonyl (C=O) groups is 1. The van der Waals surface area contributed by atoms with Crippen LogP contribution in [0.1, 0.15) is 26.8 Å². The molecule has 1 amide bonds. The molecule has 1 aromatic heterocycles. The number of carbonyl (C=O) groups excluding carboxylic acids is 1. The van der Waals surface area contributed by atoms with Gasteiger partial charge in [-0.2, -0.15) is 5.10 Å². The molecule has 0 aliphatic heterocycles. The van der Waals surface area contributed by atoms with Gasteiger partial charge in [-0.3, -0.25) is 9.59 Å². The van der Waals surface area contributed by atoms with Gasteiger partial charge in [0, 0.05) is 18.3 Å². The average Bonchev–Trinajstić information content (AvgIpc) is 2.16. The first-order valence-electron chi connectivity index (χ1n) is 4.86. The maximum Gasteiger partial charge on any atom is 0.267 e. The Morgan fingerprint density at radius 2 is 2.13 bits per heavy atom. The van der Waals surface area contributed by atoms with E-state index < -0.39 is 6.04 Å². The van der Waals surface area contributed by atoms with Crippen molar-refractivity contribution in [1.29, 1.82) is 0 Å². The fourth-order valence-electron chi connectivity index (χ4n) is 1.18. The molecule has 1 atom stereocenters. The predicted molar refractivity (Wildman–Crippen MR) is 56.5 cm³/mol. The molecule has 1 aromatic rings. The molecule has 0 spiro atoms. The first-order valence-corrected chi connectivity index (χ1v) is 4.86. The van der Waals surface area contributed by atoms with Gasteiger partial charge in [-0.15, -0.1) is 0 Å². The van der Waals surface area contributed by atoms with Crippen LogP contribution in [-0.2, 0) is 4.79 Å². The first-order chi connectivity index (χ1) is 7.02. The molecule has 1 heterocycles. The highest BCUT2D eigenvalue weighted by molar-refractivity contribution is 5.79. The first kappa shape index (κ1) is 11.4. The number of nitrogens with one attached hydrogen (secondary N) is 1. The Balaban J connectivity index is 2.86. The minimum Gasteiger partial charge on any atom is -0.352 e. The predicted octanol–water partition coefficient (Wildman–Crippen LogP) is 0.329. The quantitative estimate of drug-likeness (QED) is 0.780. The van der Waals surface area contributed by atoms with E-state index in [1.165, 1.54) is 12.3 Å². The van der Waals surface area contributed by atoms with Crippen molar-refractivity contribution in [3.05, 3.63) is 28.7 Å². The molecule has 0 aromatic carbocycles. The molecule has 0 fully saturated rings. The molecule has 0 saturated carbocycles. The van der Waals surface area contributed by atoms with Crippen LogP contribution < -0.4 is 10.9 Å². The molecule has 1 rings (SSSR count). The minimum atomic E-state index is -0.582. The summed E-state index contributed by atoms with van der Waals surface area (Å²) in [5.74, 6) is -0.203. The van der Waals surface area contributed by atoms with Crippen molar-refractivity contribution in [2.75, 3.05) is 0 Å². The fraction of sp³-hybridized carbons (Fsp3) is 0.500. The lowest BCUT2D eigenvalue weighted by Crippen LogP contribution is -2.39. The zero-order chi connectivity index (χ0) is 11.4. The number of rotatable bonds is 3. The summed E-state index contributed by atoms with van der Waals surface area (Å²) in [6, 6.07) is 2.40. The van der Waals surface area contributed by atoms with Crippen LogP contribution in [0.2, 0.25) is 0 Å². The van der Waals surface area contributed by atoms with Crippen LogP contribution in [0.25, 0.3) is 0 Å². The van der Waals surface area contributed by atoms with Crippen LogP contribution in [0.5, 0.6) is 0 Å². The number of hydrogen-bond donors (Lipinski definition) is 1. The number of hydrogen-bond acceptors (Lipinski definition) is 3. The van der Waals surface area contributed by atoms with Crippen molar-refractivity contribution in [3.8, 4) is 0 Å². The Bertz CT molecular complexity index is 398. The van der Waals surface area contributed by atoms with Gasteiger partial charge in [-0.1, -0.05) is 0 Å². The lowest BCUT2D eigenvalue weighted by molar-refractivity contribution is -0.124. The fourth-order valence-corrected chi connectivity index (χ4v) is 1.18. The smallest absolute Gasteiger partial charge is 0.267 e. The molecule has 0 radical (unpaired) electrons. The monoisotopic (exact) mass is 209 g/mol. The summed E-state index contributed by atoms with van der Waals surface area (Å²) in [5, 5.41) is 6.58. The molecule has 0 saturated heterocycles. The zero-order valence-electron chi connectivity index (χ0n) is 9.10. The van der Waals surface area contributed by atoms with Crippen LogP contribution in [0.4, 0.5) is 0 Å². The third-order valence-corrected chi connectivity index (χ3v) is 1.92. The average molecular weight is 209 g/mol. The van der Waals surface area contributed by atoms with E-state index in [1.54, 1.807) is 13.0 Å². The summed E-state index contributed by atoms with van der Waals surface area (Å²) in [6.07, 6.45) is 1.49. The van der Waals surface area contributed by atoms with Gasteiger partial charge in [0.25, 0.3) is 5.56 Å². The van der Waals surface area contributed by atoms with Gasteiger partial charge in [-0.05, 0) is 26.8 Å². The molecule has 0 aliphatic rings. The van der Waals surface area contributed by atoms with E-state index in [2.05, 4.69) is 10.4 Å².